The van der Waals surface area contributed by atoms with E-state index in [0.29, 0.717) is 6.04 Å². The zero-order valence-corrected chi connectivity index (χ0v) is 14.8. The van der Waals surface area contributed by atoms with Crippen LogP contribution in [0.2, 0.25) is 0 Å². The molecule has 2 aliphatic heterocycles. The minimum absolute atomic E-state index is 0.210. The molecule has 0 aliphatic carbocycles. The third-order valence-corrected chi connectivity index (χ3v) is 5.20. The Morgan fingerprint density at radius 3 is 2.41 bits per heavy atom. The smallest absolute Gasteiger partial charge is 0.254 e. The van der Waals surface area contributed by atoms with Crippen LogP contribution < -0.4 is 0 Å². The van der Waals surface area contributed by atoms with E-state index in [1.165, 1.54) is 0 Å². The van der Waals surface area contributed by atoms with Gasteiger partial charge in [-0.25, -0.2) is 0 Å². The van der Waals surface area contributed by atoms with Gasteiger partial charge in [-0.1, -0.05) is 0 Å². The molecule has 5 heteroatoms. The number of piperidine rings is 1. The van der Waals surface area contributed by atoms with Crippen molar-refractivity contribution in [2.24, 2.45) is 0 Å². The van der Waals surface area contributed by atoms with Crippen LogP contribution >= 0.6 is 0 Å². The second-order valence-electron chi connectivity index (χ2n) is 7.34. The molecule has 5 nitrogen and oxygen atoms in total. The molecule has 2 saturated heterocycles. The molecule has 0 spiro atoms. The third kappa shape index (κ3) is 4.43. The van der Waals surface area contributed by atoms with Crippen LogP contribution in [0, 0.1) is 0 Å². The highest BCUT2D eigenvalue weighted by molar-refractivity contribution is 5.85. The maximum absolute atomic E-state index is 12.7. The molecule has 2 aliphatic rings. The lowest BCUT2D eigenvalue weighted by molar-refractivity contribution is -0.163. The summed E-state index contributed by atoms with van der Waals surface area (Å²) in [5, 5.41) is 0. The lowest BCUT2D eigenvalue weighted by Crippen LogP contribution is -2.54. The molecule has 1 atom stereocenters. The summed E-state index contributed by atoms with van der Waals surface area (Å²) in [5.41, 5.74) is -0.568. The molecule has 2 heterocycles. The highest BCUT2D eigenvalue weighted by Gasteiger charge is 2.40. The summed E-state index contributed by atoms with van der Waals surface area (Å²) in [4.78, 5) is 19.4. The van der Waals surface area contributed by atoms with Crippen LogP contribution in [0.1, 0.15) is 39.0 Å². The van der Waals surface area contributed by atoms with E-state index < -0.39 is 5.60 Å². The van der Waals surface area contributed by atoms with Gasteiger partial charge >= 0.3 is 0 Å². The van der Waals surface area contributed by atoms with E-state index in [1.807, 2.05) is 11.8 Å². The SMILES string of the molecule is CN(C)CCN(C)C1CCN(C(=O)C2(C)CCCCO2)CC1. The normalized spacial score (nSPS) is 27.6. The van der Waals surface area contributed by atoms with Gasteiger partial charge in [0.2, 0.25) is 0 Å². The molecule has 0 radical (unpaired) electrons. The van der Waals surface area contributed by atoms with Crippen molar-refractivity contribution in [2.45, 2.75) is 50.7 Å². The highest BCUT2D eigenvalue weighted by Crippen LogP contribution is 2.28. The predicted molar refractivity (Wildman–Crippen MR) is 89.0 cm³/mol. The van der Waals surface area contributed by atoms with Crippen molar-refractivity contribution in [3.8, 4) is 0 Å². The lowest BCUT2D eigenvalue weighted by Gasteiger charge is -2.41. The topological polar surface area (TPSA) is 36.0 Å². The summed E-state index contributed by atoms with van der Waals surface area (Å²) < 4.78 is 5.81. The van der Waals surface area contributed by atoms with Gasteiger partial charge in [0.05, 0.1) is 0 Å². The van der Waals surface area contributed by atoms with Gasteiger partial charge in [0.25, 0.3) is 5.91 Å². The molecular weight excluding hydrogens is 278 g/mol. The van der Waals surface area contributed by atoms with Crippen molar-refractivity contribution in [3.63, 3.8) is 0 Å². The average Bonchev–Trinajstić information content (AvgIpc) is 2.52. The van der Waals surface area contributed by atoms with Gasteiger partial charge in [0, 0.05) is 38.8 Å². The second-order valence-corrected chi connectivity index (χ2v) is 7.34. The molecule has 0 aromatic rings. The van der Waals surface area contributed by atoms with Crippen LogP contribution in [0.3, 0.4) is 0 Å². The summed E-state index contributed by atoms with van der Waals surface area (Å²) in [6.07, 6.45) is 5.21. The Morgan fingerprint density at radius 1 is 1.18 bits per heavy atom. The first-order valence-electron chi connectivity index (χ1n) is 8.71. The number of ether oxygens (including phenoxy) is 1. The number of hydrogen-bond donors (Lipinski definition) is 0. The molecule has 0 saturated carbocycles. The van der Waals surface area contributed by atoms with Crippen LogP contribution in [0.25, 0.3) is 0 Å². The number of likely N-dealkylation sites (tertiary alicyclic amines) is 1. The molecule has 1 unspecified atom stereocenters. The van der Waals surface area contributed by atoms with Crippen molar-refractivity contribution >= 4 is 5.91 Å². The molecular formula is C17H33N3O2. The first kappa shape index (κ1) is 17.7. The number of amides is 1. The molecule has 22 heavy (non-hydrogen) atoms. The Morgan fingerprint density at radius 2 is 1.86 bits per heavy atom. The van der Waals surface area contributed by atoms with E-state index in [4.69, 9.17) is 4.74 Å². The van der Waals surface area contributed by atoms with E-state index in [-0.39, 0.29) is 5.91 Å². The minimum Gasteiger partial charge on any atom is -0.365 e. The molecule has 0 aromatic heterocycles. The molecule has 0 N–H and O–H groups in total. The number of carbonyl (C=O) groups excluding carboxylic acids is 1. The van der Waals surface area contributed by atoms with E-state index >= 15 is 0 Å². The summed E-state index contributed by atoms with van der Waals surface area (Å²) in [7, 11) is 6.43. The lowest BCUT2D eigenvalue weighted by atomic mass is 9.93. The summed E-state index contributed by atoms with van der Waals surface area (Å²) in [5.74, 6) is 0.210. The fraction of sp³-hybridized carbons (Fsp3) is 0.941. The van der Waals surface area contributed by atoms with Gasteiger partial charge in [0.15, 0.2) is 0 Å². The van der Waals surface area contributed by atoms with Crippen molar-refractivity contribution in [1.82, 2.24) is 14.7 Å². The van der Waals surface area contributed by atoms with Gasteiger partial charge in [-0.3, -0.25) is 4.79 Å². The zero-order chi connectivity index (χ0) is 16.2. The number of nitrogens with zero attached hydrogens (tertiary/aromatic N) is 3. The predicted octanol–water partition coefficient (Wildman–Crippen LogP) is 1.43. The van der Waals surface area contributed by atoms with Crippen molar-refractivity contribution in [1.29, 1.82) is 0 Å². The first-order valence-corrected chi connectivity index (χ1v) is 8.71. The van der Waals surface area contributed by atoms with Crippen LogP contribution in [0.5, 0.6) is 0 Å². The van der Waals surface area contributed by atoms with Crippen molar-refractivity contribution in [2.75, 3.05) is 53.9 Å². The number of hydrogen-bond acceptors (Lipinski definition) is 4. The molecule has 128 valence electrons. The van der Waals surface area contributed by atoms with Crippen LogP contribution in [-0.4, -0.2) is 86.2 Å². The van der Waals surface area contributed by atoms with Crippen LogP contribution in [0.4, 0.5) is 0 Å². The summed E-state index contributed by atoms with van der Waals surface area (Å²) in [6, 6.07) is 0.601. The van der Waals surface area contributed by atoms with Crippen molar-refractivity contribution in [3.05, 3.63) is 0 Å². The Kier molecular flexibility index (Phi) is 6.24. The van der Waals surface area contributed by atoms with Gasteiger partial charge < -0.3 is 19.4 Å². The fourth-order valence-electron chi connectivity index (χ4n) is 3.49. The Hall–Kier alpha value is -0.650. The zero-order valence-electron chi connectivity index (χ0n) is 14.8. The summed E-state index contributed by atoms with van der Waals surface area (Å²) >= 11 is 0. The largest absolute Gasteiger partial charge is 0.365 e. The van der Waals surface area contributed by atoms with Gasteiger partial charge in [-0.2, -0.15) is 0 Å². The average molecular weight is 311 g/mol. The molecule has 2 rings (SSSR count). The third-order valence-electron chi connectivity index (χ3n) is 5.20. The molecule has 1 amide bonds. The number of likely N-dealkylation sites (N-methyl/N-ethyl adjacent to an activating group) is 2. The van der Waals surface area contributed by atoms with Gasteiger partial charge in [0.1, 0.15) is 5.60 Å². The second kappa shape index (κ2) is 7.75. The van der Waals surface area contributed by atoms with E-state index in [0.717, 1.165) is 64.9 Å². The molecule has 2 fully saturated rings. The standard InChI is InChI=1S/C17H33N3O2/c1-17(9-5-6-14-22-17)16(21)20-10-7-15(8-11-20)19(4)13-12-18(2)3/h15H,5-14H2,1-4H3. The Labute approximate surface area is 135 Å². The van der Waals surface area contributed by atoms with Gasteiger partial charge in [-0.05, 0) is 60.2 Å². The minimum atomic E-state index is -0.568. The van der Waals surface area contributed by atoms with E-state index in [1.54, 1.807) is 0 Å². The Balaban J connectivity index is 1.80. The fourth-order valence-corrected chi connectivity index (χ4v) is 3.49. The first-order chi connectivity index (χ1) is 10.4. The monoisotopic (exact) mass is 311 g/mol. The van der Waals surface area contributed by atoms with Crippen LogP contribution in [-0.2, 0) is 9.53 Å². The number of rotatable bonds is 5. The van der Waals surface area contributed by atoms with Gasteiger partial charge in [-0.15, -0.1) is 0 Å². The number of carbonyl (C=O) groups is 1. The van der Waals surface area contributed by atoms with Crippen LogP contribution in [0.15, 0.2) is 0 Å². The maximum Gasteiger partial charge on any atom is 0.254 e. The molecule has 0 aromatic carbocycles. The van der Waals surface area contributed by atoms with E-state index in [2.05, 4.69) is 30.9 Å². The molecule has 0 bridgehead atoms. The summed E-state index contributed by atoms with van der Waals surface area (Å²) in [6.45, 7) is 6.62. The van der Waals surface area contributed by atoms with E-state index in [9.17, 15) is 4.79 Å². The quantitative estimate of drug-likeness (QED) is 0.769. The maximum atomic E-state index is 12.7. The Bertz CT molecular complexity index is 359. The van der Waals surface area contributed by atoms with Crippen molar-refractivity contribution < 1.29 is 9.53 Å². The highest BCUT2D eigenvalue weighted by atomic mass is 16.5.